The number of fused-ring (bicyclic) bond motifs is 1. The zero-order valence-electron chi connectivity index (χ0n) is 21.5. The molecule has 1 aliphatic heterocycles. The van der Waals surface area contributed by atoms with Gasteiger partial charge < -0.3 is 25.6 Å². The Balaban J connectivity index is 1.38. The predicted octanol–water partition coefficient (Wildman–Crippen LogP) is 4.96. The summed E-state index contributed by atoms with van der Waals surface area (Å²) in [7, 11) is 1.97. The van der Waals surface area contributed by atoms with E-state index in [-0.39, 0.29) is 5.91 Å². The summed E-state index contributed by atoms with van der Waals surface area (Å²) in [6.07, 6.45) is 8.09. The van der Waals surface area contributed by atoms with E-state index in [1.165, 1.54) is 6.33 Å². The van der Waals surface area contributed by atoms with Crippen LogP contribution in [0.15, 0.2) is 66.5 Å². The Kier molecular flexibility index (Phi) is 6.33. The molecule has 4 aromatic rings. The van der Waals surface area contributed by atoms with Gasteiger partial charge in [-0.3, -0.25) is 4.79 Å². The van der Waals surface area contributed by atoms with Crippen molar-refractivity contribution in [2.45, 2.75) is 38.3 Å². The summed E-state index contributed by atoms with van der Waals surface area (Å²) >= 11 is 0. The van der Waals surface area contributed by atoms with Crippen LogP contribution in [0.1, 0.15) is 42.5 Å². The highest BCUT2D eigenvalue weighted by atomic mass is 16.3. The molecule has 0 saturated carbocycles. The van der Waals surface area contributed by atoms with Gasteiger partial charge in [-0.15, -0.1) is 0 Å². The highest BCUT2D eigenvalue weighted by Crippen LogP contribution is 2.42. The summed E-state index contributed by atoms with van der Waals surface area (Å²) in [5.74, 6) is 0.490. The van der Waals surface area contributed by atoms with Gasteiger partial charge in [-0.2, -0.15) is 0 Å². The van der Waals surface area contributed by atoms with Crippen LogP contribution in [-0.2, 0) is 7.05 Å². The predicted molar refractivity (Wildman–Crippen MR) is 150 cm³/mol. The molecule has 3 heterocycles. The van der Waals surface area contributed by atoms with Gasteiger partial charge in [0.15, 0.2) is 0 Å². The van der Waals surface area contributed by atoms with Crippen LogP contribution in [0.4, 0.5) is 11.5 Å². The maximum Gasteiger partial charge on any atom is 0.253 e. The van der Waals surface area contributed by atoms with E-state index in [0.717, 1.165) is 89.9 Å². The number of benzene rings is 2. The molecule has 1 saturated heterocycles. The van der Waals surface area contributed by atoms with Crippen molar-refractivity contribution in [1.29, 1.82) is 0 Å². The third-order valence-electron chi connectivity index (χ3n) is 7.70. The minimum atomic E-state index is -0.673. The maximum atomic E-state index is 12.9. The van der Waals surface area contributed by atoms with Crippen LogP contribution in [0.25, 0.3) is 33.4 Å². The van der Waals surface area contributed by atoms with Gasteiger partial charge in [0, 0.05) is 37.0 Å². The van der Waals surface area contributed by atoms with E-state index in [2.05, 4.69) is 21.4 Å². The van der Waals surface area contributed by atoms with Crippen LogP contribution in [-0.4, -0.2) is 49.8 Å². The van der Waals surface area contributed by atoms with Crippen molar-refractivity contribution in [2.24, 2.45) is 7.05 Å². The molecule has 2 aliphatic rings. The molecule has 1 amide bonds. The second-order valence-electron chi connectivity index (χ2n) is 10.1. The number of nitrogens with zero attached hydrogens (tertiary/aromatic N) is 4. The first-order chi connectivity index (χ1) is 18.5. The number of likely N-dealkylation sites (tertiary alicyclic amines) is 1. The SMILES string of the molecule is Cn1c(-c2ccc(NC(O)C3=CCCC3)cc2)c(-c2ccc(C(=O)N3CCCC3)cc2)c2c(N)ncnc21. The largest absolute Gasteiger partial charge is 0.383 e. The number of carbonyl (C=O) groups excluding carboxylic acids is 1. The molecule has 8 heteroatoms. The third kappa shape index (κ3) is 4.31. The summed E-state index contributed by atoms with van der Waals surface area (Å²) in [6.45, 7) is 1.64. The molecule has 1 atom stereocenters. The Bertz CT molecular complexity index is 1520. The fourth-order valence-electron chi connectivity index (χ4n) is 5.70. The number of aromatic nitrogens is 3. The fraction of sp³-hybridized carbons (Fsp3) is 0.300. The standard InChI is InChI=1S/C30H32N6O2/c1-35-26(20-12-14-23(15-13-20)34-29(37)21-6-2-3-7-21)24(25-27(31)32-18-33-28(25)35)19-8-10-22(11-9-19)30(38)36-16-4-5-17-36/h6,8-15,18,29,34,37H,2-5,7,16-17H2,1H3,(H2,31,32,33). The van der Waals surface area contributed by atoms with E-state index in [4.69, 9.17) is 5.73 Å². The van der Waals surface area contributed by atoms with Crippen molar-refractivity contribution in [1.82, 2.24) is 19.4 Å². The molecule has 8 nitrogen and oxygen atoms in total. The van der Waals surface area contributed by atoms with Crippen LogP contribution in [0.2, 0.25) is 0 Å². The molecule has 4 N–H and O–H groups in total. The molecule has 2 aromatic carbocycles. The monoisotopic (exact) mass is 508 g/mol. The average molecular weight is 509 g/mol. The van der Waals surface area contributed by atoms with E-state index < -0.39 is 6.23 Å². The second kappa shape index (κ2) is 9.95. The number of nitrogens with one attached hydrogen (secondary N) is 1. The van der Waals surface area contributed by atoms with Gasteiger partial charge in [0.2, 0.25) is 0 Å². The number of nitrogens with two attached hydrogens (primary N) is 1. The van der Waals surface area contributed by atoms with Crippen molar-refractivity contribution in [2.75, 3.05) is 24.1 Å². The summed E-state index contributed by atoms with van der Waals surface area (Å²) in [5.41, 5.74) is 13.5. The lowest BCUT2D eigenvalue weighted by Crippen LogP contribution is -2.27. The van der Waals surface area contributed by atoms with Gasteiger partial charge in [-0.25, -0.2) is 9.97 Å². The number of allylic oxidation sites excluding steroid dienone is 1. The van der Waals surface area contributed by atoms with E-state index >= 15 is 0 Å². The molecule has 0 spiro atoms. The third-order valence-corrected chi connectivity index (χ3v) is 7.70. The van der Waals surface area contributed by atoms with Crippen LogP contribution in [0, 0.1) is 0 Å². The first-order valence-corrected chi connectivity index (χ1v) is 13.2. The maximum absolute atomic E-state index is 12.9. The molecule has 6 rings (SSSR count). The van der Waals surface area contributed by atoms with Gasteiger partial charge in [0.25, 0.3) is 5.91 Å². The lowest BCUT2D eigenvalue weighted by molar-refractivity contribution is 0.0793. The zero-order valence-corrected chi connectivity index (χ0v) is 21.5. The summed E-state index contributed by atoms with van der Waals surface area (Å²) in [5, 5.41) is 14.5. The Morgan fingerprint density at radius 2 is 1.71 bits per heavy atom. The number of rotatable bonds is 6. The molecule has 194 valence electrons. The smallest absolute Gasteiger partial charge is 0.253 e. The molecule has 1 aliphatic carbocycles. The molecular formula is C30H32N6O2. The lowest BCUT2D eigenvalue weighted by atomic mass is 9.97. The number of amides is 1. The topological polar surface area (TPSA) is 109 Å². The van der Waals surface area contributed by atoms with Crippen molar-refractivity contribution in [3.8, 4) is 22.4 Å². The van der Waals surface area contributed by atoms with E-state index in [9.17, 15) is 9.90 Å². The van der Waals surface area contributed by atoms with Crippen LogP contribution < -0.4 is 11.1 Å². The minimum absolute atomic E-state index is 0.0775. The first-order valence-electron chi connectivity index (χ1n) is 13.2. The molecule has 1 unspecified atom stereocenters. The molecule has 0 radical (unpaired) electrons. The summed E-state index contributed by atoms with van der Waals surface area (Å²) in [4.78, 5) is 23.6. The number of hydrogen-bond donors (Lipinski definition) is 3. The number of aliphatic hydroxyl groups excluding tert-OH is 1. The quantitative estimate of drug-likeness (QED) is 0.251. The Labute approximate surface area is 221 Å². The lowest BCUT2D eigenvalue weighted by Gasteiger charge is -2.16. The fourth-order valence-corrected chi connectivity index (χ4v) is 5.70. The first kappa shape index (κ1) is 24.2. The molecule has 1 fully saturated rings. The van der Waals surface area contributed by atoms with Gasteiger partial charge in [-0.05, 0) is 73.1 Å². The van der Waals surface area contributed by atoms with Gasteiger partial charge in [0.1, 0.15) is 24.0 Å². The number of aliphatic hydroxyl groups is 1. The molecule has 0 bridgehead atoms. The van der Waals surface area contributed by atoms with Crippen LogP contribution >= 0.6 is 0 Å². The number of hydrogen-bond acceptors (Lipinski definition) is 6. The van der Waals surface area contributed by atoms with E-state index in [1.54, 1.807) is 0 Å². The van der Waals surface area contributed by atoms with Crippen LogP contribution in [0.3, 0.4) is 0 Å². The van der Waals surface area contributed by atoms with Crippen LogP contribution in [0.5, 0.6) is 0 Å². The average Bonchev–Trinajstić information content (AvgIpc) is 3.71. The van der Waals surface area contributed by atoms with Crippen molar-refractivity contribution >= 4 is 28.4 Å². The number of nitrogen functional groups attached to an aromatic ring is 1. The Hall–Kier alpha value is -4.17. The van der Waals surface area contributed by atoms with Crippen molar-refractivity contribution < 1.29 is 9.90 Å². The Morgan fingerprint density at radius 3 is 2.39 bits per heavy atom. The number of aryl methyl sites for hydroxylation is 1. The van der Waals surface area contributed by atoms with Crippen molar-refractivity contribution in [3.05, 3.63) is 72.1 Å². The van der Waals surface area contributed by atoms with Gasteiger partial charge in [0.05, 0.1) is 11.1 Å². The van der Waals surface area contributed by atoms with E-state index in [0.29, 0.717) is 11.4 Å². The number of anilines is 2. The molecule has 38 heavy (non-hydrogen) atoms. The summed E-state index contributed by atoms with van der Waals surface area (Å²) in [6, 6.07) is 15.8. The zero-order chi connectivity index (χ0) is 26.2. The number of carbonyl (C=O) groups is 1. The molecular weight excluding hydrogens is 476 g/mol. The van der Waals surface area contributed by atoms with Gasteiger partial charge in [-0.1, -0.05) is 30.3 Å². The Morgan fingerprint density at radius 1 is 1.00 bits per heavy atom. The van der Waals surface area contributed by atoms with E-state index in [1.807, 2.05) is 65.0 Å². The highest BCUT2D eigenvalue weighted by Gasteiger charge is 2.23. The minimum Gasteiger partial charge on any atom is -0.383 e. The molecule has 2 aromatic heterocycles. The normalized spacial score (nSPS) is 16.2. The summed E-state index contributed by atoms with van der Waals surface area (Å²) < 4.78 is 2.03. The van der Waals surface area contributed by atoms with Crippen molar-refractivity contribution in [3.63, 3.8) is 0 Å². The highest BCUT2D eigenvalue weighted by molar-refractivity contribution is 6.08. The van der Waals surface area contributed by atoms with Gasteiger partial charge >= 0.3 is 0 Å². The second-order valence-corrected chi connectivity index (χ2v) is 10.1.